The molecule has 0 aliphatic rings. The van der Waals surface area contributed by atoms with Crippen LogP contribution in [0.15, 0.2) is 39.9 Å². The Balaban J connectivity index is 2.29. The zero-order valence-electron chi connectivity index (χ0n) is 15.2. The van der Waals surface area contributed by atoms with E-state index in [0.29, 0.717) is 24.1 Å². The topological polar surface area (TPSA) is 61.8 Å². The highest BCUT2D eigenvalue weighted by atomic mass is 16.2. The van der Waals surface area contributed by atoms with Crippen LogP contribution in [-0.2, 0) is 20.0 Å². The minimum Gasteiger partial charge on any atom is -0.325 e. The van der Waals surface area contributed by atoms with Gasteiger partial charge in [0.15, 0.2) is 11.2 Å². The summed E-state index contributed by atoms with van der Waals surface area (Å²) in [5.41, 5.74) is 1.56. The molecule has 3 aromatic rings. The largest absolute Gasteiger partial charge is 0.332 e. The summed E-state index contributed by atoms with van der Waals surface area (Å²) in [4.78, 5) is 30.4. The molecule has 0 amide bonds. The first-order valence-electron chi connectivity index (χ1n) is 8.70. The molecule has 0 unspecified atom stereocenters. The van der Waals surface area contributed by atoms with Crippen LogP contribution in [0.25, 0.3) is 11.2 Å². The van der Waals surface area contributed by atoms with E-state index in [1.807, 2.05) is 62.7 Å². The van der Waals surface area contributed by atoms with Crippen molar-refractivity contribution in [2.75, 3.05) is 0 Å². The third-order valence-electron chi connectivity index (χ3n) is 4.45. The second kappa shape index (κ2) is 6.70. The quantitative estimate of drug-likeness (QED) is 0.717. The van der Waals surface area contributed by atoms with Crippen LogP contribution in [0.5, 0.6) is 0 Å². The number of aromatic nitrogens is 4. The highest BCUT2D eigenvalue weighted by molar-refractivity contribution is 5.71. The molecule has 0 atom stereocenters. The Bertz CT molecular complexity index is 1010. The predicted molar refractivity (Wildman–Crippen MR) is 99.2 cm³/mol. The molecule has 2 aromatic heterocycles. The Kier molecular flexibility index (Phi) is 4.61. The van der Waals surface area contributed by atoms with Crippen molar-refractivity contribution in [1.82, 2.24) is 18.7 Å². The minimum atomic E-state index is -0.279. The summed E-state index contributed by atoms with van der Waals surface area (Å²) in [5.74, 6) is 0.782. The molecule has 6 heteroatoms. The predicted octanol–water partition coefficient (Wildman–Crippen LogP) is 2.48. The number of nitrogens with zero attached hydrogens (tertiary/aromatic N) is 4. The van der Waals surface area contributed by atoms with Gasteiger partial charge in [0.2, 0.25) is 0 Å². The molecule has 0 N–H and O–H groups in total. The van der Waals surface area contributed by atoms with Crippen molar-refractivity contribution in [3.05, 3.63) is 62.6 Å². The number of hydrogen-bond acceptors (Lipinski definition) is 3. The van der Waals surface area contributed by atoms with E-state index < -0.39 is 0 Å². The van der Waals surface area contributed by atoms with Gasteiger partial charge in [-0.25, -0.2) is 9.78 Å². The Morgan fingerprint density at radius 3 is 2.40 bits per heavy atom. The molecule has 0 bridgehead atoms. The van der Waals surface area contributed by atoms with Crippen LogP contribution in [0.4, 0.5) is 0 Å². The molecular weight excluding hydrogens is 316 g/mol. The second-order valence-corrected chi connectivity index (χ2v) is 6.62. The lowest BCUT2D eigenvalue weighted by Crippen LogP contribution is -2.41. The first-order valence-corrected chi connectivity index (χ1v) is 8.70. The van der Waals surface area contributed by atoms with Crippen LogP contribution in [0.1, 0.15) is 44.6 Å². The minimum absolute atomic E-state index is 0.194. The summed E-state index contributed by atoms with van der Waals surface area (Å²) in [6.07, 6.45) is 1.42. The third kappa shape index (κ3) is 2.92. The van der Waals surface area contributed by atoms with Crippen LogP contribution in [0, 0.1) is 0 Å². The number of benzene rings is 1. The van der Waals surface area contributed by atoms with Crippen molar-refractivity contribution in [3.63, 3.8) is 0 Å². The summed E-state index contributed by atoms with van der Waals surface area (Å²) in [6, 6.07) is 9.81. The summed E-state index contributed by atoms with van der Waals surface area (Å²) >= 11 is 0. The molecule has 0 spiro atoms. The standard InChI is InChI=1S/C19H24N4O2/c1-5-11-22-17-16(18(24)23(13(2)3)19(22)25)21(4)15(20-17)12-14-9-7-6-8-10-14/h6-10,13H,5,11-12H2,1-4H3. The van der Waals surface area contributed by atoms with Crippen LogP contribution < -0.4 is 11.2 Å². The van der Waals surface area contributed by atoms with E-state index in [1.54, 1.807) is 4.57 Å². The number of hydrogen-bond donors (Lipinski definition) is 0. The maximum atomic E-state index is 12.9. The fraction of sp³-hybridized carbons (Fsp3) is 0.421. The molecular formula is C19H24N4O2. The van der Waals surface area contributed by atoms with Crippen molar-refractivity contribution in [2.45, 2.75) is 46.2 Å². The van der Waals surface area contributed by atoms with Crippen LogP contribution >= 0.6 is 0 Å². The average Bonchev–Trinajstić information content (AvgIpc) is 2.89. The molecule has 0 fully saturated rings. The highest BCUT2D eigenvalue weighted by Crippen LogP contribution is 2.15. The fourth-order valence-corrected chi connectivity index (χ4v) is 3.20. The Morgan fingerprint density at radius 1 is 1.12 bits per heavy atom. The number of rotatable bonds is 5. The van der Waals surface area contributed by atoms with E-state index in [1.165, 1.54) is 4.57 Å². The summed E-state index contributed by atoms with van der Waals surface area (Å²) in [5, 5.41) is 0. The van der Waals surface area contributed by atoms with E-state index in [0.717, 1.165) is 17.8 Å². The number of aryl methyl sites for hydroxylation is 2. The molecule has 0 saturated carbocycles. The molecule has 3 rings (SSSR count). The SMILES string of the molecule is CCCn1c(=O)n(C(C)C)c(=O)c2c1nc(Cc1ccccc1)n2C. The molecule has 2 heterocycles. The van der Waals surface area contributed by atoms with Crippen LogP contribution in [0.3, 0.4) is 0 Å². The van der Waals surface area contributed by atoms with E-state index >= 15 is 0 Å². The van der Waals surface area contributed by atoms with Gasteiger partial charge in [0.1, 0.15) is 5.82 Å². The van der Waals surface area contributed by atoms with E-state index in [2.05, 4.69) is 4.98 Å². The highest BCUT2D eigenvalue weighted by Gasteiger charge is 2.20. The Labute approximate surface area is 146 Å². The summed E-state index contributed by atoms with van der Waals surface area (Å²) in [7, 11) is 1.85. The van der Waals surface area contributed by atoms with Gasteiger partial charge in [-0.3, -0.25) is 13.9 Å². The van der Waals surface area contributed by atoms with Gasteiger partial charge in [0.25, 0.3) is 5.56 Å². The van der Waals surface area contributed by atoms with Crippen molar-refractivity contribution >= 4 is 11.2 Å². The van der Waals surface area contributed by atoms with Crippen LogP contribution in [0.2, 0.25) is 0 Å². The maximum absolute atomic E-state index is 12.9. The lowest BCUT2D eigenvalue weighted by atomic mass is 10.1. The van der Waals surface area contributed by atoms with Crippen molar-refractivity contribution < 1.29 is 0 Å². The number of imidazole rings is 1. The van der Waals surface area contributed by atoms with E-state index in [4.69, 9.17) is 0 Å². The third-order valence-corrected chi connectivity index (χ3v) is 4.45. The Morgan fingerprint density at radius 2 is 1.80 bits per heavy atom. The maximum Gasteiger partial charge on any atom is 0.332 e. The molecule has 132 valence electrons. The second-order valence-electron chi connectivity index (χ2n) is 6.62. The van der Waals surface area contributed by atoms with Crippen molar-refractivity contribution in [2.24, 2.45) is 7.05 Å². The van der Waals surface area contributed by atoms with Gasteiger partial charge in [0, 0.05) is 26.1 Å². The van der Waals surface area contributed by atoms with Crippen LogP contribution in [-0.4, -0.2) is 18.7 Å². The lowest BCUT2D eigenvalue weighted by Gasteiger charge is -2.13. The molecule has 0 saturated heterocycles. The van der Waals surface area contributed by atoms with Gasteiger partial charge in [-0.2, -0.15) is 0 Å². The summed E-state index contributed by atoms with van der Waals surface area (Å²) in [6.45, 7) is 6.26. The summed E-state index contributed by atoms with van der Waals surface area (Å²) < 4.78 is 4.78. The normalized spacial score (nSPS) is 11.6. The van der Waals surface area contributed by atoms with Gasteiger partial charge in [-0.1, -0.05) is 37.3 Å². The first-order chi connectivity index (χ1) is 12.0. The molecule has 0 aliphatic carbocycles. The van der Waals surface area contributed by atoms with Gasteiger partial charge >= 0.3 is 5.69 Å². The van der Waals surface area contributed by atoms with Gasteiger partial charge < -0.3 is 4.57 Å². The monoisotopic (exact) mass is 340 g/mol. The molecule has 6 nitrogen and oxygen atoms in total. The first kappa shape index (κ1) is 17.2. The van der Waals surface area contributed by atoms with E-state index in [-0.39, 0.29) is 17.3 Å². The zero-order valence-corrected chi connectivity index (χ0v) is 15.2. The van der Waals surface area contributed by atoms with Gasteiger partial charge in [-0.15, -0.1) is 0 Å². The van der Waals surface area contributed by atoms with Gasteiger partial charge in [0.05, 0.1) is 0 Å². The fourth-order valence-electron chi connectivity index (χ4n) is 3.20. The lowest BCUT2D eigenvalue weighted by molar-refractivity contribution is 0.508. The molecule has 0 aliphatic heterocycles. The van der Waals surface area contributed by atoms with Crippen molar-refractivity contribution in [3.8, 4) is 0 Å². The van der Waals surface area contributed by atoms with Crippen molar-refractivity contribution in [1.29, 1.82) is 0 Å². The van der Waals surface area contributed by atoms with Gasteiger partial charge in [-0.05, 0) is 25.8 Å². The molecule has 25 heavy (non-hydrogen) atoms. The smallest absolute Gasteiger partial charge is 0.325 e. The molecule has 1 aromatic carbocycles. The number of fused-ring (bicyclic) bond motifs is 1. The Hall–Kier alpha value is -2.63. The van der Waals surface area contributed by atoms with E-state index in [9.17, 15) is 9.59 Å². The molecule has 0 radical (unpaired) electrons. The average molecular weight is 340 g/mol. The zero-order chi connectivity index (χ0) is 18.1.